The maximum absolute atomic E-state index is 12.4. The van der Waals surface area contributed by atoms with Gasteiger partial charge in [-0.1, -0.05) is 20.8 Å². The number of nitrogens with zero attached hydrogens (tertiary/aromatic N) is 8. The van der Waals surface area contributed by atoms with E-state index in [1.165, 1.54) is 6.92 Å². The quantitative estimate of drug-likeness (QED) is 0.494. The molecule has 0 bridgehead atoms. The molecule has 0 spiro atoms. The van der Waals surface area contributed by atoms with Gasteiger partial charge in [-0.2, -0.15) is 20.9 Å². The maximum Gasteiger partial charge on any atom is 0.252 e. The zero-order valence-electron chi connectivity index (χ0n) is 20.8. The van der Waals surface area contributed by atoms with Crippen molar-refractivity contribution in [2.24, 2.45) is 10.2 Å². The second-order valence-corrected chi connectivity index (χ2v) is 10.7. The predicted octanol–water partition coefficient (Wildman–Crippen LogP) is 3.87. The monoisotopic (exact) mass is 509 g/mol. The van der Waals surface area contributed by atoms with Crippen LogP contribution < -0.4 is 10.2 Å². The van der Waals surface area contributed by atoms with Gasteiger partial charge >= 0.3 is 0 Å². The molecule has 0 aliphatic heterocycles. The molecule has 0 unspecified atom stereocenters. The van der Waals surface area contributed by atoms with Crippen LogP contribution in [-0.4, -0.2) is 42.9 Å². The Hall–Kier alpha value is -4.28. The van der Waals surface area contributed by atoms with Gasteiger partial charge in [0.05, 0.1) is 42.6 Å². The smallest absolute Gasteiger partial charge is 0.252 e. The highest BCUT2D eigenvalue weighted by atomic mass is 32.2. The zero-order valence-corrected chi connectivity index (χ0v) is 21.6. The predicted molar refractivity (Wildman–Crippen MR) is 133 cm³/mol. The summed E-state index contributed by atoms with van der Waals surface area (Å²) in [6.07, 6.45) is 1.43. The molecular formula is C23H27N9O3S. The highest BCUT2D eigenvalue weighted by Gasteiger charge is 2.30. The van der Waals surface area contributed by atoms with Gasteiger partial charge in [0.2, 0.25) is 11.7 Å². The fourth-order valence-electron chi connectivity index (χ4n) is 3.28. The van der Waals surface area contributed by atoms with Crippen LogP contribution in [-0.2, 0) is 20.2 Å². The first-order chi connectivity index (χ1) is 16.8. The van der Waals surface area contributed by atoms with Gasteiger partial charge in [-0.05, 0) is 18.2 Å². The molecule has 13 heteroatoms. The first-order valence-electron chi connectivity index (χ1n) is 10.9. The van der Waals surface area contributed by atoms with Crippen molar-refractivity contribution in [2.45, 2.75) is 46.0 Å². The zero-order chi connectivity index (χ0) is 27.1. The van der Waals surface area contributed by atoms with Crippen LogP contribution >= 0.6 is 0 Å². The fraction of sp³-hybridized carbons (Fsp3) is 0.435. The summed E-state index contributed by atoms with van der Waals surface area (Å²) in [7, 11) is -3.90. The highest BCUT2D eigenvalue weighted by molar-refractivity contribution is 7.89. The summed E-state index contributed by atoms with van der Waals surface area (Å²) in [5.74, 6) is -0.620. The lowest BCUT2D eigenvalue weighted by molar-refractivity contribution is -0.114. The Morgan fingerprint density at radius 1 is 1.14 bits per heavy atom. The van der Waals surface area contributed by atoms with Gasteiger partial charge in [0.15, 0.2) is 0 Å². The molecule has 1 aromatic heterocycles. The summed E-state index contributed by atoms with van der Waals surface area (Å²) in [6, 6.07) is 11.0. The number of rotatable bonds is 9. The van der Waals surface area contributed by atoms with Gasteiger partial charge in [-0.15, -0.1) is 14.3 Å². The van der Waals surface area contributed by atoms with Gasteiger partial charge in [-0.3, -0.25) is 4.79 Å². The molecule has 0 aliphatic carbocycles. The summed E-state index contributed by atoms with van der Waals surface area (Å²) in [5.41, 5.74) is 0.738. The van der Waals surface area contributed by atoms with E-state index in [0.717, 1.165) is 6.26 Å². The molecule has 0 saturated heterocycles. The van der Waals surface area contributed by atoms with Crippen LogP contribution in [0, 0.1) is 34.0 Å². The second-order valence-electron chi connectivity index (χ2n) is 8.90. The Bertz CT molecular complexity index is 1380. The topological polar surface area (TPSA) is 180 Å². The Morgan fingerprint density at radius 3 is 2.22 bits per heavy atom. The number of amides is 1. The van der Waals surface area contributed by atoms with Crippen molar-refractivity contribution in [3.8, 4) is 18.2 Å². The van der Waals surface area contributed by atoms with Crippen LogP contribution in [0.4, 0.5) is 22.9 Å². The van der Waals surface area contributed by atoms with Gasteiger partial charge < -0.3 is 10.2 Å². The third kappa shape index (κ3) is 6.87. The Morgan fingerprint density at radius 2 is 1.75 bits per heavy atom. The molecule has 0 radical (unpaired) electrons. The lowest BCUT2D eigenvalue weighted by atomic mass is 9.90. The van der Waals surface area contributed by atoms with Crippen molar-refractivity contribution in [1.82, 2.24) is 9.19 Å². The van der Waals surface area contributed by atoms with Crippen molar-refractivity contribution in [3.63, 3.8) is 0 Å². The van der Waals surface area contributed by atoms with Gasteiger partial charge in [0.25, 0.3) is 10.0 Å². The van der Waals surface area contributed by atoms with Crippen molar-refractivity contribution in [1.29, 1.82) is 15.8 Å². The van der Waals surface area contributed by atoms with E-state index in [2.05, 4.69) is 32.8 Å². The molecule has 0 saturated carbocycles. The molecule has 1 N–H and O–H groups in total. The number of anilines is 2. The summed E-state index contributed by atoms with van der Waals surface area (Å²) in [5, 5.41) is 42.7. The number of nitriles is 3. The normalized spacial score (nSPS) is 11.5. The lowest BCUT2D eigenvalue weighted by Gasteiger charge is -2.23. The minimum atomic E-state index is -3.90. The molecule has 1 amide bonds. The number of carbonyl (C=O) groups excluding carboxylic acids is 1. The van der Waals surface area contributed by atoms with Gasteiger partial charge in [0.1, 0.15) is 17.3 Å². The van der Waals surface area contributed by atoms with E-state index in [1.807, 2.05) is 11.0 Å². The first kappa shape index (κ1) is 28.0. The lowest BCUT2D eigenvalue weighted by Crippen LogP contribution is -2.25. The summed E-state index contributed by atoms with van der Waals surface area (Å²) < 4.78 is 25.4. The number of carbonyl (C=O) groups is 1. The van der Waals surface area contributed by atoms with Crippen LogP contribution in [0.25, 0.3) is 0 Å². The molecule has 0 aliphatic rings. The minimum absolute atomic E-state index is 0.0199. The fourth-order valence-corrected chi connectivity index (χ4v) is 3.95. The minimum Gasteiger partial charge on any atom is -0.369 e. The third-order valence-corrected chi connectivity index (χ3v) is 5.75. The summed E-state index contributed by atoms with van der Waals surface area (Å²) in [6.45, 7) is 7.46. The van der Waals surface area contributed by atoms with E-state index in [1.54, 1.807) is 39.0 Å². The Labute approximate surface area is 210 Å². The van der Waals surface area contributed by atoms with E-state index in [-0.39, 0.29) is 47.2 Å². The van der Waals surface area contributed by atoms with E-state index in [9.17, 15) is 18.5 Å². The average molecular weight is 510 g/mol. The molecule has 1 heterocycles. The maximum atomic E-state index is 12.4. The van der Waals surface area contributed by atoms with Crippen molar-refractivity contribution in [2.75, 3.05) is 29.6 Å². The van der Waals surface area contributed by atoms with Crippen LogP contribution in [0.3, 0.4) is 0 Å². The Kier molecular flexibility index (Phi) is 8.88. The molecule has 2 aromatic rings. The number of nitrogens with one attached hydrogen (secondary N) is 1. The summed E-state index contributed by atoms with van der Waals surface area (Å²) >= 11 is 0. The van der Waals surface area contributed by atoms with Gasteiger partial charge in [-0.25, -0.2) is 8.42 Å². The van der Waals surface area contributed by atoms with E-state index in [4.69, 9.17) is 10.5 Å². The van der Waals surface area contributed by atoms with E-state index >= 15 is 0 Å². The third-order valence-electron chi connectivity index (χ3n) is 4.86. The van der Waals surface area contributed by atoms with Crippen LogP contribution in [0.5, 0.6) is 0 Å². The van der Waals surface area contributed by atoms with Gasteiger partial charge in [0, 0.05) is 31.1 Å². The molecule has 36 heavy (non-hydrogen) atoms. The molecule has 0 atom stereocenters. The summed E-state index contributed by atoms with van der Waals surface area (Å²) in [4.78, 5) is 13.7. The van der Waals surface area contributed by atoms with Crippen LogP contribution in [0.1, 0.15) is 51.8 Å². The number of hydrogen-bond acceptors (Lipinski definition) is 10. The SMILES string of the molecule is CC(=O)Nc1cc(N(CCC#N)CCC#N)ccc1/N=N/c1c(C#N)c(C(C)(C)C)nn1S(C)(=O)=O. The number of aromatic nitrogens is 2. The Balaban J connectivity index is 2.64. The highest BCUT2D eigenvalue weighted by Crippen LogP contribution is 2.35. The van der Waals surface area contributed by atoms with Crippen molar-refractivity contribution < 1.29 is 13.2 Å². The standard InChI is InChI=1S/C23H27N9O3S/c1-16(33)27-20-14-17(31(12-6-10-24)13-7-11-25)8-9-19(20)28-29-22-18(15-26)21(23(2,3)4)30-32(22)36(5,34)35/h8-9,14H,6-7,12-13H2,1-5H3,(H,27,33)/b29-28+. The largest absolute Gasteiger partial charge is 0.369 e. The molecule has 12 nitrogen and oxygen atoms in total. The molecule has 1 aromatic carbocycles. The van der Waals surface area contributed by atoms with Crippen LogP contribution in [0.15, 0.2) is 28.4 Å². The molecule has 2 rings (SSSR count). The molecule has 188 valence electrons. The average Bonchev–Trinajstić information content (AvgIpc) is 3.17. The number of hydrogen-bond donors (Lipinski definition) is 1. The van der Waals surface area contributed by atoms with Crippen molar-refractivity contribution >= 4 is 38.8 Å². The van der Waals surface area contributed by atoms with Crippen molar-refractivity contribution in [3.05, 3.63) is 29.5 Å². The van der Waals surface area contributed by atoms with Crippen LogP contribution in [0.2, 0.25) is 0 Å². The molecular weight excluding hydrogens is 482 g/mol. The number of azo groups is 1. The van der Waals surface area contributed by atoms with E-state index in [0.29, 0.717) is 22.9 Å². The molecule has 0 fully saturated rings. The second kappa shape index (κ2) is 11.4. The van der Waals surface area contributed by atoms with E-state index < -0.39 is 15.4 Å². The first-order valence-corrected chi connectivity index (χ1v) is 12.7. The number of benzene rings is 1.